The summed E-state index contributed by atoms with van der Waals surface area (Å²) in [6.07, 6.45) is 0.895. The van der Waals surface area contributed by atoms with Crippen molar-refractivity contribution in [1.82, 2.24) is 14.8 Å². The molecule has 4 rings (SSSR count). The molecule has 1 aromatic heterocycles. The number of rotatable bonds is 4. The van der Waals surface area contributed by atoms with Crippen LogP contribution in [0.1, 0.15) is 44.6 Å². The molecule has 0 atom stereocenters. The molecule has 0 radical (unpaired) electrons. The zero-order valence-electron chi connectivity index (χ0n) is 17.7. The Labute approximate surface area is 181 Å². The summed E-state index contributed by atoms with van der Waals surface area (Å²) in [5.74, 6) is 0.589. The summed E-state index contributed by atoms with van der Waals surface area (Å²) in [4.78, 5) is 35.2. The van der Waals surface area contributed by atoms with E-state index in [4.69, 9.17) is 0 Å². The van der Waals surface area contributed by atoms with E-state index in [2.05, 4.69) is 18.8 Å². The second-order valence-electron chi connectivity index (χ2n) is 8.23. The summed E-state index contributed by atoms with van der Waals surface area (Å²) >= 11 is 1.51. The van der Waals surface area contributed by atoms with E-state index >= 15 is 0 Å². The molecule has 1 fully saturated rings. The van der Waals surface area contributed by atoms with Crippen LogP contribution in [0.5, 0.6) is 0 Å². The molecule has 1 aliphatic rings. The predicted molar refractivity (Wildman–Crippen MR) is 121 cm³/mol. The second-order valence-corrected chi connectivity index (χ2v) is 9.31. The fourth-order valence-electron chi connectivity index (χ4n) is 3.93. The molecule has 0 N–H and O–H groups in total. The normalized spacial score (nSPS) is 14.5. The van der Waals surface area contributed by atoms with E-state index in [1.54, 1.807) is 0 Å². The van der Waals surface area contributed by atoms with Gasteiger partial charge >= 0.3 is 0 Å². The Morgan fingerprint density at radius 1 is 0.967 bits per heavy atom. The Morgan fingerprint density at radius 3 is 2.30 bits per heavy atom. The first-order valence-electron chi connectivity index (χ1n) is 10.5. The van der Waals surface area contributed by atoms with E-state index < -0.39 is 0 Å². The third kappa shape index (κ3) is 4.10. The minimum atomic E-state index is 0.0343. The summed E-state index contributed by atoms with van der Waals surface area (Å²) < 4.78 is 0. The molecule has 1 saturated heterocycles. The predicted octanol–water partition coefficient (Wildman–Crippen LogP) is 4.40. The van der Waals surface area contributed by atoms with E-state index in [0.29, 0.717) is 32.1 Å². The maximum absolute atomic E-state index is 13.1. The van der Waals surface area contributed by atoms with Crippen molar-refractivity contribution < 1.29 is 9.59 Å². The maximum atomic E-state index is 13.1. The third-order valence-electron chi connectivity index (χ3n) is 5.49. The van der Waals surface area contributed by atoms with Crippen LogP contribution in [0.15, 0.2) is 42.5 Å². The first-order valence-corrected chi connectivity index (χ1v) is 11.3. The van der Waals surface area contributed by atoms with Gasteiger partial charge in [0.2, 0.25) is 0 Å². The van der Waals surface area contributed by atoms with Crippen molar-refractivity contribution in [3.8, 4) is 0 Å². The maximum Gasteiger partial charge on any atom is 0.265 e. The first-order chi connectivity index (χ1) is 14.4. The number of aryl methyl sites for hydroxylation is 1. The molecule has 0 aliphatic carbocycles. The second kappa shape index (κ2) is 8.56. The highest BCUT2D eigenvalue weighted by Gasteiger charge is 2.28. The van der Waals surface area contributed by atoms with Crippen LogP contribution in [0.2, 0.25) is 0 Å². The highest BCUT2D eigenvalue weighted by Crippen LogP contribution is 2.24. The zero-order chi connectivity index (χ0) is 21.3. The Morgan fingerprint density at radius 2 is 1.60 bits per heavy atom. The van der Waals surface area contributed by atoms with Gasteiger partial charge < -0.3 is 9.80 Å². The van der Waals surface area contributed by atoms with Crippen molar-refractivity contribution in [2.75, 3.05) is 26.2 Å². The lowest BCUT2D eigenvalue weighted by molar-refractivity contribution is 0.0538. The molecule has 2 aromatic carbocycles. The van der Waals surface area contributed by atoms with Crippen molar-refractivity contribution in [3.63, 3.8) is 0 Å². The van der Waals surface area contributed by atoms with Crippen LogP contribution in [0.25, 0.3) is 10.8 Å². The number of fused-ring (bicyclic) bond motifs is 1. The van der Waals surface area contributed by atoms with Crippen LogP contribution in [-0.4, -0.2) is 52.8 Å². The van der Waals surface area contributed by atoms with Crippen LogP contribution in [0, 0.1) is 12.8 Å². The van der Waals surface area contributed by atoms with Gasteiger partial charge in [0, 0.05) is 38.2 Å². The number of piperazine rings is 1. The topological polar surface area (TPSA) is 53.5 Å². The highest BCUT2D eigenvalue weighted by molar-refractivity contribution is 7.13. The van der Waals surface area contributed by atoms with Gasteiger partial charge in [-0.05, 0) is 29.7 Å². The van der Waals surface area contributed by atoms with E-state index in [1.165, 1.54) is 11.3 Å². The lowest BCUT2D eigenvalue weighted by atomic mass is 10.0. The molecule has 156 valence electrons. The van der Waals surface area contributed by atoms with Crippen LogP contribution < -0.4 is 0 Å². The molecule has 30 heavy (non-hydrogen) atoms. The highest BCUT2D eigenvalue weighted by atomic mass is 32.1. The molecule has 0 saturated carbocycles. The molecule has 1 aliphatic heterocycles. The van der Waals surface area contributed by atoms with Crippen LogP contribution in [-0.2, 0) is 6.42 Å². The Bertz CT molecular complexity index is 1080. The fourth-order valence-corrected chi connectivity index (χ4v) is 5.17. The summed E-state index contributed by atoms with van der Waals surface area (Å²) in [5.41, 5.74) is 1.54. The lowest BCUT2D eigenvalue weighted by Gasteiger charge is -2.34. The number of nitrogens with zero attached hydrogens (tertiary/aromatic N) is 3. The number of benzene rings is 2. The SMILES string of the molecule is Cc1nc(CC(C)C)sc1C(=O)N1CCN(C(=O)c2cccc3ccccc23)CC1. The third-order valence-corrected chi connectivity index (χ3v) is 6.66. The molecule has 6 heteroatoms. The molecule has 0 unspecified atom stereocenters. The smallest absolute Gasteiger partial charge is 0.265 e. The number of hydrogen-bond donors (Lipinski definition) is 0. The number of thiazole rings is 1. The summed E-state index contributed by atoms with van der Waals surface area (Å²) in [6, 6.07) is 13.8. The van der Waals surface area contributed by atoms with Crippen LogP contribution in [0.4, 0.5) is 0 Å². The zero-order valence-corrected chi connectivity index (χ0v) is 18.5. The fraction of sp³-hybridized carbons (Fsp3) is 0.375. The van der Waals surface area contributed by atoms with Gasteiger partial charge in [-0.15, -0.1) is 11.3 Å². The van der Waals surface area contributed by atoms with E-state index in [1.807, 2.05) is 59.2 Å². The van der Waals surface area contributed by atoms with Gasteiger partial charge in [0.1, 0.15) is 4.88 Å². The van der Waals surface area contributed by atoms with Gasteiger partial charge in [0.25, 0.3) is 11.8 Å². The molecule has 0 spiro atoms. The summed E-state index contributed by atoms with van der Waals surface area (Å²) in [7, 11) is 0. The van der Waals surface area contributed by atoms with Crippen molar-refractivity contribution in [2.24, 2.45) is 5.92 Å². The van der Waals surface area contributed by atoms with Gasteiger partial charge in [-0.25, -0.2) is 4.98 Å². The van der Waals surface area contributed by atoms with Crippen molar-refractivity contribution >= 4 is 33.9 Å². The van der Waals surface area contributed by atoms with Crippen molar-refractivity contribution in [3.05, 3.63) is 63.6 Å². The average Bonchev–Trinajstić information content (AvgIpc) is 3.11. The van der Waals surface area contributed by atoms with Gasteiger partial charge in [-0.1, -0.05) is 50.2 Å². The minimum absolute atomic E-state index is 0.0343. The van der Waals surface area contributed by atoms with Gasteiger partial charge in [0.15, 0.2) is 0 Å². The van der Waals surface area contributed by atoms with Gasteiger partial charge in [-0.3, -0.25) is 9.59 Å². The molecule has 2 amide bonds. The number of amides is 2. The number of aromatic nitrogens is 1. The average molecular weight is 422 g/mol. The first kappa shape index (κ1) is 20.5. The Kier molecular flexibility index (Phi) is 5.86. The largest absolute Gasteiger partial charge is 0.335 e. The number of carbonyl (C=O) groups is 2. The molecule has 3 aromatic rings. The van der Waals surface area contributed by atoms with Crippen LogP contribution >= 0.6 is 11.3 Å². The molecular formula is C24H27N3O2S. The van der Waals surface area contributed by atoms with Crippen molar-refractivity contribution in [1.29, 1.82) is 0 Å². The van der Waals surface area contributed by atoms with E-state index in [9.17, 15) is 9.59 Å². The van der Waals surface area contributed by atoms with Crippen molar-refractivity contribution in [2.45, 2.75) is 27.2 Å². The van der Waals surface area contributed by atoms with E-state index in [0.717, 1.165) is 38.3 Å². The van der Waals surface area contributed by atoms with Gasteiger partial charge in [0.05, 0.1) is 10.7 Å². The molecule has 0 bridgehead atoms. The Balaban J connectivity index is 1.44. The Hall–Kier alpha value is -2.73. The number of hydrogen-bond acceptors (Lipinski definition) is 4. The minimum Gasteiger partial charge on any atom is -0.335 e. The van der Waals surface area contributed by atoms with Gasteiger partial charge in [-0.2, -0.15) is 0 Å². The summed E-state index contributed by atoms with van der Waals surface area (Å²) in [5, 5.41) is 3.06. The molecule has 5 nitrogen and oxygen atoms in total. The van der Waals surface area contributed by atoms with E-state index in [-0.39, 0.29) is 11.8 Å². The quantitative estimate of drug-likeness (QED) is 0.627. The molecule has 2 heterocycles. The number of carbonyl (C=O) groups excluding carboxylic acids is 2. The lowest BCUT2D eigenvalue weighted by Crippen LogP contribution is -2.50. The monoisotopic (exact) mass is 421 g/mol. The summed E-state index contributed by atoms with van der Waals surface area (Å²) in [6.45, 7) is 8.41. The van der Waals surface area contributed by atoms with Crippen LogP contribution in [0.3, 0.4) is 0 Å². The standard InChI is InChI=1S/C24H27N3O2S/c1-16(2)15-21-25-17(3)22(30-21)24(29)27-13-11-26(12-14-27)23(28)20-10-6-8-18-7-4-5-9-19(18)20/h4-10,16H,11-15H2,1-3H3. The molecular weight excluding hydrogens is 394 g/mol.